The minimum Gasteiger partial charge on any atom is -0.381 e. The third kappa shape index (κ3) is 9.41. The van der Waals surface area contributed by atoms with Gasteiger partial charge in [0.05, 0.1) is 33.0 Å². The molecule has 0 heterocycles. The van der Waals surface area contributed by atoms with Crippen molar-refractivity contribution in [2.45, 2.75) is 39.4 Å². The number of hydrogen-bond donors (Lipinski definition) is 0. The van der Waals surface area contributed by atoms with Crippen LogP contribution in [0, 0.1) is 17.3 Å². The highest BCUT2D eigenvalue weighted by Crippen LogP contribution is 2.29. The molecule has 0 radical (unpaired) electrons. The fourth-order valence-corrected chi connectivity index (χ4v) is 3.13. The molecule has 0 aromatic heterocycles. The second-order valence-electron chi connectivity index (χ2n) is 7.47. The van der Waals surface area contributed by atoms with Gasteiger partial charge in [-0.25, -0.2) is 0 Å². The molecular formula is C27H34O3. The molecule has 0 aliphatic carbocycles. The van der Waals surface area contributed by atoms with Crippen LogP contribution >= 0.6 is 0 Å². The Morgan fingerprint density at radius 1 is 0.800 bits per heavy atom. The lowest BCUT2D eigenvalue weighted by Gasteiger charge is -2.31. The maximum atomic E-state index is 6.16. The van der Waals surface area contributed by atoms with Crippen LogP contribution in [0.3, 0.4) is 0 Å². The van der Waals surface area contributed by atoms with Gasteiger partial charge in [0, 0.05) is 25.4 Å². The summed E-state index contributed by atoms with van der Waals surface area (Å²) in [4.78, 5) is 0. The quantitative estimate of drug-likeness (QED) is 0.311. The highest BCUT2D eigenvalue weighted by atomic mass is 16.5. The van der Waals surface area contributed by atoms with E-state index in [1.165, 1.54) is 11.1 Å². The standard InChI is InChI=1S/C27H34O3/c1-3-4-11-18-27(19-12-13-20-28-2,23-29-21-25-14-7-5-8-15-25)24-30-22-26-16-9-6-10-17-26/h5-10,12-17H,3,18-24H2,1-2H3/b13-12+. The van der Waals surface area contributed by atoms with E-state index in [0.717, 1.165) is 19.3 Å². The van der Waals surface area contributed by atoms with Crippen molar-refractivity contribution in [1.82, 2.24) is 0 Å². The zero-order valence-electron chi connectivity index (χ0n) is 18.3. The van der Waals surface area contributed by atoms with Gasteiger partial charge >= 0.3 is 0 Å². The van der Waals surface area contributed by atoms with Crippen LogP contribution in [-0.4, -0.2) is 26.9 Å². The normalized spacial score (nSPS) is 11.4. The lowest BCUT2D eigenvalue weighted by molar-refractivity contribution is -0.0294. The fourth-order valence-electron chi connectivity index (χ4n) is 3.13. The maximum Gasteiger partial charge on any atom is 0.0717 e. The zero-order valence-corrected chi connectivity index (χ0v) is 18.3. The molecule has 2 rings (SSSR count). The molecule has 160 valence electrons. The van der Waals surface area contributed by atoms with Crippen LogP contribution in [0.4, 0.5) is 0 Å². The summed E-state index contributed by atoms with van der Waals surface area (Å²) < 4.78 is 17.5. The summed E-state index contributed by atoms with van der Waals surface area (Å²) >= 11 is 0. The molecule has 0 unspecified atom stereocenters. The Labute approximate surface area is 182 Å². The Balaban J connectivity index is 2.06. The number of benzene rings is 2. The highest BCUT2D eigenvalue weighted by molar-refractivity contribution is 5.14. The second kappa shape index (κ2) is 14.6. The zero-order chi connectivity index (χ0) is 21.3. The van der Waals surface area contributed by atoms with Crippen molar-refractivity contribution in [2.75, 3.05) is 26.9 Å². The number of rotatable bonds is 13. The Hall–Kier alpha value is -2.38. The largest absolute Gasteiger partial charge is 0.381 e. The van der Waals surface area contributed by atoms with Gasteiger partial charge in [-0.3, -0.25) is 0 Å². The Bertz CT molecular complexity index is 727. The third-order valence-electron chi connectivity index (χ3n) is 4.79. The molecule has 2 aromatic rings. The molecule has 0 fully saturated rings. The van der Waals surface area contributed by atoms with Gasteiger partial charge in [-0.2, -0.15) is 0 Å². The molecule has 0 aliphatic rings. The number of methoxy groups -OCH3 is 1. The fraction of sp³-hybridized carbons (Fsp3) is 0.407. The smallest absolute Gasteiger partial charge is 0.0717 e. The monoisotopic (exact) mass is 406 g/mol. The van der Waals surface area contributed by atoms with E-state index in [1.54, 1.807) is 7.11 Å². The Kier molecular flexibility index (Phi) is 11.6. The number of hydrogen-bond acceptors (Lipinski definition) is 3. The van der Waals surface area contributed by atoms with Gasteiger partial charge in [-0.15, -0.1) is 11.8 Å². The first-order valence-electron chi connectivity index (χ1n) is 10.6. The third-order valence-corrected chi connectivity index (χ3v) is 4.79. The first kappa shape index (κ1) is 23.9. The summed E-state index contributed by atoms with van der Waals surface area (Å²) in [5, 5.41) is 0. The van der Waals surface area contributed by atoms with Crippen molar-refractivity contribution in [2.24, 2.45) is 5.41 Å². The van der Waals surface area contributed by atoms with E-state index in [0.29, 0.717) is 33.0 Å². The van der Waals surface area contributed by atoms with Gasteiger partial charge in [0.2, 0.25) is 0 Å². The summed E-state index contributed by atoms with van der Waals surface area (Å²) in [6.07, 6.45) is 6.64. The predicted octanol–water partition coefficient (Wildman–Crippen LogP) is 5.80. The van der Waals surface area contributed by atoms with Crippen molar-refractivity contribution in [1.29, 1.82) is 0 Å². The molecule has 3 heteroatoms. The summed E-state index contributed by atoms with van der Waals surface area (Å²) in [7, 11) is 1.70. The molecular weight excluding hydrogens is 372 g/mol. The Morgan fingerprint density at radius 3 is 1.87 bits per heavy atom. The number of ether oxygens (including phenoxy) is 3. The van der Waals surface area contributed by atoms with Crippen molar-refractivity contribution in [3.8, 4) is 11.8 Å². The average Bonchev–Trinajstić information content (AvgIpc) is 2.78. The van der Waals surface area contributed by atoms with Crippen LogP contribution in [0.5, 0.6) is 0 Å². The van der Waals surface area contributed by atoms with E-state index >= 15 is 0 Å². The van der Waals surface area contributed by atoms with Crippen molar-refractivity contribution in [3.05, 3.63) is 83.9 Å². The van der Waals surface area contributed by atoms with Crippen LogP contribution in [0.15, 0.2) is 72.8 Å². The van der Waals surface area contributed by atoms with Gasteiger partial charge in [-0.1, -0.05) is 79.7 Å². The van der Waals surface area contributed by atoms with E-state index in [-0.39, 0.29) is 5.41 Å². The van der Waals surface area contributed by atoms with Crippen LogP contribution < -0.4 is 0 Å². The highest BCUT2D eigenvalue weighted by Gasteiger charge is 2.29. The minimum absolute atomic E-state index is 0.198. The molecule has 0 atom stereocenters. The molecule has 0 bridgehead atoms. The molecule has 0 spiro atoms. The molecule has 0 N–H and O–H groups in total. The molecule has 0 aliphatic heterocycles. The van der Waals surface area contributed by atoms with Crippen molar-refractivity contribution in [3.63, 3.8) is 0 Å². The lowest BCUT2D eigenvalue weighted by atomic mass is 9.82. The SMILES string of the molecule is CCC#CCC(C/C=C/COC)(COCc1ccccc1)COCc1ccccc1. The maximum absolute atomic E-state index is 6.16. The molecule has 0 amide bonds. The molecule has 3 nitrogen and oxygen atoms in total. The van der Waals surface area contributed by atoms with Crippen LogP contribution in [0.2, 0.25) is 0 Å². The molecule has 2 aromatic carbocycles. The molecule has 0 saturated carbocycles. The second-order valence-corrected chi connectivity index (χ2v) is 7.47. The van der Waals surface area contributed by atoms with Crippen molar-refractivity contribution >= 4 is 0 Å². The Morgan fingerprint density at radius 2 is 1.37 bits per heavy atom. The van der Waals surface area contributed by atoms with E-state index in [9.17, 15) is 0 Å². The molecule has 30 heavy (non-hydrogen) atoms. The van der Waals surface area contributed by atoms with Crippen molar-refractivity contribution < 1.29 is 14.2 Å². The van der Waals surface area contributed by atoms with Crippen LogP contribution in [0.25, 0.3) is 0 Å². The van der Waals surface area contributed by atoms with E-state index in [1.807, 2.05) is 36.4 Å². The predicted molar refractivity (Wildman–Crippen MR) is 123 cm³/mol. The summed E-state index contributed by atoms with van der Waals surface area (Å²) in [6.45, 7) is 5.03. The van der Waals surface area contributed by atoms with Gasteiger partial charge in [0.15, 0.2) is 0 Å². The van der Waals surface area contributed by atoms with Gasteiger partial charge in [0.25, 0.3) is 0 Å². The minimum atomic E-state index is -0.198. The topological polar surface area (TPSA) is 27.7 Å². The van der Waals surface area contributed by atoms with Gasteiger partial charge in [0.1, 0.15) is 0 Å². The van der Waals surface area contributed by atoms with Crippen LogP contribution in [-0.2, 0) is 27.4 Å². The van der Waals surface area contributed by atoms with Gasteiger partial charge < -0.3 is 14.2 Å². The van der Waals surface area contributed by atoms with E-state index < -0.39 is 0 Å². The van der Waals surface area contributed by atoms with Crippen LogP contribution in [0.1, 0.15) is 37.3 Å². The first-order chi connectivity index (χ1) is 14.8. The average molecular weight is 407 g/mol. The number of allylic oxidation sites excluding steroid dienone is 1. The first-order valence-corrected chi connectivity index (χ1v) is 10.6. The van der Waals surface area contributed by atoms with E-state index in [2.05, 4.69) is 55.2 Å². The summed E-state index contributed by atoms with van der Waals surface area (Å²) in [5.74, 6) is 6.55. The van der Waals surface area contributed by atoms with Gasteiger partial charge in [-0.05, 0) is 17.5 Å². The van der Waals surface area contributed by atoms with E-state index in [4.69, 9.17) is 14.2 Å². The summed E-state index contributed by atoms with van der Waals surface area (Å²) in [5.41, 5.74) is 2.15. The lowest BCUT2D eigenvalue weighted by Crippen LogP contribution is -2.32. The summed E-state index contributed by atoms with van der Waals surface area (Å²) in [6, 6.07) is 20.5. The molecule has 0 saturated heterocycles.